The first kappa shape index (κ1) is 18.1. The largest absolute Gasteiger partial charge is 0.435 e. The van der Waals surface area contributed by atoms with Gasteiger partial charge in [-0.25, -0.2) is 9.07 Å². The van der Waals surface area contributed by atoms with Gasteiger partial charge in [-0.2, -0.15) is 18.3 Å². The van der Waals surface area contributed by atoms with Crippen LogP contribution < -0.4 is 5.73 Å². The molecule has 1 aliphatic rings. The van der Waals surface area contributed by atoms with Crippen LogP contribution in [-0.4, -0.2) is 20.7 Å². The van der Waals surface area contributed by atoms with Crippen LogP contribution >= 0.6 is 0 Å². The topological polar surface area (TPSA) is 73.8 Å². The molecule has 0 aliphatic heterocycles. The van der Waals surface area contributed by atoms with Gasteiger partial charge in [0.1, 0.15) is 11.5 Å². The van der Waals surface area contributed by atoms with Crippen LogP contribution in [0.5, 0.6) is 0 Å². The summed E-state index contributed by atoms with van der Waals surface area (Å²) in [6.07, 6.45) is -0.378. The zero-order valence-corrected chi connectivity index (χ0v) is 14.4. The Morgan fingerprint density at radius 1 is 1.18 bits per heavy atom. The molecule has 1 saturated carbocycles. The van der Waals surface area contributed by atoms with Gasteiger partial charge in [0.25, 0.3) is 0 Å². The number of rotatable bonds is 4. The van der Waals surface area contributed by atoms with Gasteiger partial charge >= 0.3 is 6.18 Å². The van der Waals surface area contributed by atoms with Crippen LogP contribution in [0.1, 0.15) is 40.5 Å². The number of alkyl halides is 3. The summed E-state index contributed by atoms with van der Waals surface area (Å²) in [5.74, 6) is -1.53. The van der Waals surface area contributed by atoms with E-state index in [-0.39, 0.29) is 17.2 Å². The molecule has 1 fully saturated rings. The first-order chi connectivity index (χ1) is 13.3. The van der Waals surface area contributed by atoms with Crippen LogP contribution in [-0.2, 0) is 6.18 Å². The van der Waals surface area contributed by atoms with E-state index in [0.717, 1.165) is 29.7 Å². The third kappa shape index (κ3) is 3.23. The molecule has 0 radical (unpaired) electrons. The SMILES string of the molecule is NC(=O)c1ccncc1-c1ccc(-n2nc(C(F)(F)F)cc2C2CC2)c(F)c1. The van der Waals surface area contributed by atoms with Crippen molar-refractivity contribution in [1.29, 1.82) is 0 Å². The molecule has 2 N–H and O–H groups in total. The molecular weight excluding hydrogens is 376 g/mol. The van der Waals surface area contributed by atoms with E-state index in [0.29, 0.717) is 16.8 Å². The highest BCUT2D eigenvalue weighted by atomic mass is 19.4. The third-order valence-electron chi connectivity index (χ3n) is 4.60. The maximum atomic E-state index is 14.8. The Labute approximate surface area is 156 Å². The fourth-order valence-corrected chi connectivity index (χ4v) is 3.08. The van der Waals surface area contributed by atoms with Crippen LogP contribution in [0.15, 0.2) is 42.7 Å². The van der Waals surface area contributed by atoms with E-state index in [9.17, 15) is 22.4 Å². The fourth-order valence-electron chi connectivity index (χ4n) is 3.08. The summed E-state index contributed by atoms with van der Waals surface area (Å²) < 4.78 is 55.1. The molecule has 2 aromatic heterocycles. The van der Waals surface area contributed by atoms with Crippen molar-refractivity contribution >= 4 is 5.91 Å². The number of primary amides is 1. The minimum atomic E-state index is -4.61. The molecule has 4 rings (SSSR count). The zero-order chi connectivity index (χ0) is 20.1. The molecule has 3 aromatic rings. The highest BCUT2D eigenvalue weighted by Gasteiger charge is 2.38. The van der Waals surface area contributed by atoms with Gasteiger partial charge < -0.3 is 5.73 Å². The van der Waals surface area contributed by atoms with Crippen molar-refractivity contribution in [2.45, 2.75) is 24.9 Å². The second-order valence-corrected chi connectivity index (χ2v) is 6.59. The first-order valence-electron chi connectivity index (χ1n) is 8.47. The summed E-state index contributed by atoms with van der Waals surface area (Å²) in [6.45, 7) is 0. The maximum absolute atomic E-state index is 14.8. The molecule has 1 amide bonds. The average Bonchev–Trinajstić information content (AvgIpc) is 3.39. The van der Waals surface area contributed by atoms with Gasteiger partial charge in [-0.1, -0.05) is 6.07 Å². The molecule has 144 valence electrons. The van der Waals surface area contributed by atoms with Crippen LogP contribution in [0, 0.1) is 5.82 Å². The number of carbonyl (C=O) groups is 1. The number of halogens is 4. The molecule has 0 unspecified atom stereocenters. The van der Waals surface area contributed by atoms with Crippen LogP contribution in [0.2, 0.25) is 0 Å². The highest BCUT2D eigenvalue weighted by Crippen LogP contribution is 2.43. The predicted octanol–water partition coefficient (Wildman–Crippen LogP) is 4.07. The first-order valence-corrected chi connectivity index (χ1v) is 8.47. The molecule has 1 aliphatic carbocycles. The van der Waals surface area contributed by atoms with Gasteiger partial charge in [-0.05, 0) is 42.7 Å². The number of amides is 1. The quantitative estimate of drug-likeness (QED) is 0.683. The highest BCUT2D eigenvalue weighted by molar-refractivity contribution is 5.99. The molecule has 5 nitrogen and oxygen atoms in total. The van der Waals surface area contributed by atoms with Crippen molar-refractivity contribution in [2.75, 3.05) is 0 Å². The molecular formula is C19H14F4N4O. The summed E-state index contributed by atoms with van der Waals surface area (Å²) in [4.78, 5) is 15.5. The molecule has 28 heavy (non-hydrogen) atoms. The lowest BCUT2D eigenvalue weighted by molar-refractivity contribution is -0.141. The lowest BCUT2D eigenvalue weighted by atomic mass is 10.0. The van der Waals surface area contributed by atoms with Gasteiger partial charge in [-0.3, -0.25) is 9.78 Å². The second kappa shape index (κ2) is 6.43. The lowest BCUT2D eigenvalue weighted by Crippen LogP contribution is -2.12. The Morgan fingerprint density at radius 2 is 1.93 bits per heavy atom. The number of benzene rings is 1. The molecule has 2 heterocycles. The Kier molecular flexibility index (Phi) is 4.17. The van der Waals surface area contributed by atoms with Crippen LogP contribution in [0.3, 0.4) is 0 Å². The Morgan fingerprint density at radius 3 is 2.54 bits per heavy atom. The normalized spacial score (nSPS) is 14.3. The van der Waals surface area contributed by atoms with Crippen molar-refractivity contribution in [3.05, 3.63) is 65.5 Å². The van der Waals surface area contributed by atoms with E-state index >= 15 is 0 Å². The van der Waals surface area contributed by atoms with Crippen molar-refractivity contribution in [2.24, 2.45) is 5.73 Å². The van der Waals surface area contributed by atoms with Gasteiger partial charge in [0, 0.05) is 35.1 Å². The van der Waals surface area contributed by atoms with E-state index in [2.05, 4.69) is 10.1 Å². The van der Waals surface area contributed by atoms with Gasteiger partial charge in [-0.15, -0.1) is 0 Å². The van der Waals surface area contributed by atoms with Crippen molar-refractivity contribution in [3.8, 4) is 16.8 Å². The molecule has 0 spiro atoms. The number of carbonyl (C=O) groups excluding carboxylic acids is 1. The number of hydrogen-bond acceptors (Lipinski definition) is 3. The minimum Gasteiger partial charge on any atom is -0.366 e. The number of hydrogen-bond donors (Lipinski definition) is 1. The summed E-state index contributed by atoms with van der Waals surface area (Å²) in [6, 6.07) is 6.34. The smallest absolute Gasteiger partial charge is 0.366 e. The van der Waals surface area contributed by atoms with E-state index < -0.39 is 23.6 Å². The lowest BCUT2D eigenvalue weighted by Gasteiger charge is -2.11. The third-order valence-corrected chi connectivity index (χ3v) is 4.60. The van der Waals surface area contributed by atoms with Crippen molar-refractivity contribution in [3.63, 3.8) is 0 Å². The summed E-state index contributed by atoms with van der Waals surface area (Å²) in [5.41, 5.74) is 5.35. The number of aromatic nitrogens is 3. The Bertz CT molecular complexity index is 1070. The molecule has 0 atom stereocenters. The van der Waals surface area contributed by atoms with E-state index in [1.54, 1.807) is 0 Å². The fraction of sp³-hybridized carbons (Fsp3) is 0.211. The maximum Gasteiger partial charge on any atom is 0.435 e. The number of nitrogens with zero attached hydrogens (tertiary/aromatic N) is 3. The molecule has 0 bridgehead atoms. The summed E-state index contributed by atoms with van der Waals surface area (Å²) >= 11 is 0. The van der Waals surface area contributed by atoms with E-state index in [1.165, 1.54) is 30.6 Å². The van der Waals surface area contributed by atoms with Crippen molar-refractivity contribution in [1.82, 2.24) is 14.8 Å². The van der Waals surface area contributed by atoms with E-state index in [4.69, 9.17) is 5.73 Å². The molecule has 1 aromatic carbocycles. The zero-order valence-electron chi connectivity index (χ0n) is 14.4. The summed E-state index contributed by atoms with van der Waals surface area (Å²) in [7, 11) is 0. The minimum absolute atomic E-state index is 0.0672. The second-order valence-electron chi connectivity index (χ2n) is 6.59. The Hall–Kier alpha value is -3.23. The Balaban J connectivity index is 1.80. The number of pyridine rings is 1. The standard InChI is InChI=1S/C19H14F4N4O/c20-14-7-11(13-9-25-6-5-12(13)18(24)28)3-4-15(14)27-16(10-1-2-10)8-17(26-27)19(21,22)23/h3-10H,1-2H2,(H2,24,28). The van der Waals surface area contributed by atoms with Crippen LogP contribution in [0.4, 0.5) is 17.6 Å². The molecule has 9 heteroatoms. The van der Waals surface area contributed by atoms with Gasteiger partial charge in [0.15, 0.2) is 5.69 Å². The average molecular weight is 390 g/mol. The van der Waals surface area contributed by atoms with E-state index in [1.807, 2.05) is 0 Å². The summed E-state index contributed by atoms with van der Waals surface area (Å²) in [5, 5.41) is 3.59. The van der Waals surface area contributed by atoms with Crippen molar-refractivity contribution < 1.29 is 22.4 Å². The van der Waals surface area contributed by atoms with Crippen LogP contribution in [0.25, 0.3) is 16.8 Å². The monoisotopic (exact) mass is 390 g/mol. The van der Waals surface area contributed by atoms with Gasteiger partial charge in [0.2, 0.25) is 5.91 Å². The number of nitrogens with two attached hydrogens (primary N) is 1. The molecule has 0 saturated heterocycles. The van der Waals surface area contributed by atoms with Gasteiger partial charge in [0.05, 0.1) is 0 Å². The predicted molar refractivity (Wildman–Crippen MR) is 92.2 cm³/mol.